The molecule has 1 aromatic carbocycles. The number of aromatic amines is 1. The van der Waals surface area contributed by atoms with Crippen LogP contribution in [0.25, 0.3) is 0 Å². The van der Waals surface area contributed by atoms with E-state index >= 15 is 0 Å². The number of benzene rings is 1. The number of halogens is 1. The normalized spacial score (nSPS) is 12.9. The molecule has 108 valence electrons. The fraction of sp³-hybridized carbons (Fsp3) is 0.0833. The molecule has 9 heteroatoms. The van der Waals surface area contributed by atoms with Crippen molar-refractivity contribution in [1.29, 1.82) is 0 Å². The van der Waals surface area contributed by atoms with E-state index < -0.39 is 6.03 Å². The number of hydrogen-bond acceptors (Lipinski definition) is 4. The molecular weight excluding hydrogens is 298 g/mol. The minimum Gasteiger partial charge on any atom is -0.482 e. The van der Waals surface area contributed by atoms with Gasteiger partial charge in [0, 0.05) is 12.1 Å². The van der Waals surface area contributed by atoms with E-state index in [4.69, 9.17) is 16.3 Å². The summed E-state index contributed by atoms with van der Waals surface area (Å²) in [5.41, 5.74) is 0.833. The molecule has 1 aliphatic rings. The molecule has 21 heavy (non-hydrogen) atoms. The fourth-order valence-corrected chi connectivity index (χ4v) is 2.01. The van der Waals surface area contributed by atoms with Gasteiger partial charge < -0.3 is 15.4 Å². The van der Waals surface area contributed by atoms with Crippen molar-refractivity contribution in [3.05, 3.63) is 29.4 Å². The molecular formula is C12H10ClN5O3. The molecule has 3 rings (SSSR count). The van der Waals surface area contributed by atoms with E-state index in [1.807, 2.05) is 0 Å². The molecule has 8 nitrogen and oxygen atoms in total. The second kappa shape index (κ2) is 5.33. The molecule has 2 heterocycles. The van der Waals surface area contributed by atoms with Gasteiger partial charge in [-0.15, -0.1) is 0 Å². The van der Waals surface area contributed by atoms with Gasteiger partial charge in [-0.1, -0.05) is 11.6 Å². The average molecular weight is 308 g/mol. The van der Waals surface area contributed by atoms with Crippen LogP contribution in [0.2, 0.25) is 5.02 Å². The maximum Gasteiger partial charge on any atom is 0.324 e. The highest BCUT2D eigenvalue weighted by Crippen LogP contribution is 2.36. The first-order valence-electron chi connectivity index (χ1n) is 5.95. The highest BCUT2D eigenvalue weighted by atomic mass is 35.5. The Balaban J connectivity index is 1.76. The van der Waals surface area contributed by atoms with Crippen LogP contribution in [0.15, 0.2) is 24.4 Å². The zero-order valence-electron chi connectivity index (χ0n) is 10.6. The molecule has 0 bridgehead atoms. The summed E-state index contributed by atoms with van der Waals surface area (Å²) in [5, 5.41) is 14.3. The summed E-state index contributed by atoms with van der Waals surface area (Å²) < 4.78 is 5.26. The summed E-state index contributed by atoms with van der Waals surface area (Å²) in [5.74, 6) is 0.636. The van der Waals surface area contributed by atoms with Crippen LogP contribution in [0.3, 0.4) is 0 Å². The van der Waals surface area contributed by atoms with Gasteiger partial charge in [0.15, 0.2) is 6.61 Å². The van der Waals surface area contributed by atoms with Crippen LogP contribution in [0.1, 0.15) is 0 Å². The van der Waals surface area contributed by atoms with Gasteiger partial charge in [-0.05, 0) is 6.07 Å². The van der Waals surface area contributed by atoms with E-state index in [0.29, 0.717) is 22.9 Å². The summed E-state index contributed by atoms with van der Waals surface area (Å²) >= 11 is 6.07. The van der Waals surface area contributed by atoms with E-state index in [2.05, 4.69) is 26.1 Å². The fourth-order valence-electron chi connectivity index (χ4n) is 1.80. The second-order valence-electron chi connectivity index (χ2n) is 4.21. The number of nitrogens with one attached hydrogen (secondary N) is 4. The summed E-state index contributed by atoms with van der Waals surface area (Å²) in [7, 11) is 0. The first-order valence-corrected chi connectivity index (χ1v) is 6.33. The van der Waals surface area contributed by atoms with Crippen LogP contribution in [-0.2, 0) is 4.79 Å². The van der Waals surface area contributed by atoms with Crippen molar-refractivity contribution in [3.63, 3.8) is 0 Å². The Bertz CT molecular complexity index is 701. The molecule has 1 aliphatic heterocycles. The third-order valence-electron chi connectivity index (χ3n) is 2.70. The van der Waals surface area contributed by atoms with Gasteiger partial charge in [0.1, 0.15) is 11.6 Å². The number of amides is 3. The van der Waals surface area contributed by atoms with Crippen LogP contribution in [0.5, 0.6) is 5.75 Å². The number of nitrogens with zero attached hydrogens (tertiary/aromatic N) is 1. The average Bonchev–Trinajstić information content (AvgIpc) is 2.92. The minimum atomic E-state index is -0.485. The van der Waals surface area contributed by atoms with Crippen molar-refractivity contribution in [1.82, 2.24) is 10.2 Å². The quantitative estimate of drug-likeness (QED) is 0.680. The topological polar surface area (TPSA) is 108 Å². The van der Waals surface area contributed by atoms with Crippen LogP contribution >= 0.6 is 11.6 Å². The molecule has 1 aromatic heterocycles. The van der Waals surface area contributed by atoms with Crippen LogP contribution < -0.4 is 20.7 Å². The van der Waals surface area contributed by atoms with E-state index in [0.717, 1.165) is 0 Å². The summed E-state index contributed by atoms with van der Waals surface area (Å²) in [6.07, 6.45) is 1.51. The highest BCUT2D eigenvalue weighted by molar-refractivity contribution is 6.34. The summed E-state index contributed by atoms with van der Waals surface area (Å²) in [4.78, 5) is 23.0. The lowest BCUT2D eigenvalue weighted by Gasteiger charge is -2.19. The van der Waals surface area contributed by atoms with Crippen molar-refractivity contribution >= 4 is 40.7 Å². The lowest BCUT2D eigenvalue weighted by atomic mass is 10.2. The molecule has 0 radical (unpaired) electrons. The Kier molecular flexibility index (Phi) is 3.36. The van der Waals surface area contributed by atoms with Crippen LogP contribution in [0, 0.1) is 0 Å². The largest absolute Gasteiger partial charge is 0.482 e. The van der Waals surface area contributed by atoms with Gasteiger partial charge in [-0.25, -0.2) is 4.79 Å². The van der Waals surface area contributed by atoms with Crippen molar-refractivity contribution in [2.45, 2.75) is 0 Å². The summed E-state index contributed by atoms with van der Waals surface area (Å²) in [6, 6.07) is 4.18. The Morgan fingerprint density at radius 2 is 2.24 bits per heavy atom. The first kappa shape index (κ1) is 13.3. The number of carbonyl (C=O) groups is 2. The van der Waals surface area contributed by atoms with Crippen molar-refractivity contribution < 1.29 is 14.3 Å². The molecule has 3 amide bonds. The number of rotatable bonds is 2. The Morgan fingerprint density at radius 3 is 3.00 bits per heavy atom. The van der Waals surface area contributed by atoms with E-state index in [1.54, 1.807) is 12.1 Å². The van der Waals surface area contributed by atoms with Gasteiger partial charge >= 0.3 is 6.03 Å². The van der Waals surface area contributed by atoms with Crippen LogP contribution in [-0.4, -0.2) is 28.7 Å². The minimum absolute atomic E-state index is 0.0750. The standard InChI is InChI=1S/C12H10ClN5O3/c13-6-3-8-9(21-5-11(19)15-8)4-7(6)16-12(20)17-10-1-2-14-18-10/h1-4H,5H2,(H,15,19)(H3,14,16,17,18,20). The number of aromatic nitrogens is 2. The Labute approximate surface area is 123 Å². The third kappa shape index (κ3) is 2.90. The third-order valence-corrected chi connectivity index (χ3v) is 3.01. The highest BCUT2D eigenvalue weighted by Gasteiger charge is 2.19. The molecule has 0 atom stereocenters. The van der Waals surface area contributed by atoms with E-state index in [-0.39, 0.29) is 17.5 Å². The Morgan fingerprint density at radius 1 is 1.38 bits per heavy atom. The predicted molar refractivity (Wildman–Crippen MR) is 76.8 cm³/mol. The van der Waals surface area contributed by atoms with Crippen molar-refractivity contribution in [2.24, 2.45) is 0 Å². The lowest BCUT2D eigenvalue weighted by molar-refractivity contribution is -0.118. The van der Waals surface area contributed by atoms with Crippen molar-refractivity contribution in [2.75, 3.05) is 22.6 Å². The monoisotopic (exact) mass is 307 g/mol. The zero-order valence-corrected chi connectivity index (χ0v) is 11.3. The maximum absolute atomic E-state index is 11.8. The zero-order chi connectivity index (χ0) is 14.8. The van der Waals surface area contributed by atoms with Crippen molar-refractivity contribution in [3.8, 4) is 5.75 Å². The summed E-state index contributed by atoms with van der Waals surface area (Å²) in [6.45, 7) is -0.0750. The van der Waals surface area contributed by atoms with E-state index in [1.165, 1.54) is 12.3 Å². The van der Waals surface area contributed by atoms with Crippen LogP contribution in [0.4, 0.5) is 22.0 Å². The molecule has 0 saturated carbocycles. The molecule has 0 fully saturated rings. The molecule has 2 aromatic rings. The van der Waals surface area contributed by atoms with Gasteiger partial charge in [0.25, 0.3) is 5.91 Å². The smallest absolute Gasteiger partial charge is 0.324 e. The number of fused-ring (bicyclic) bond motifs is 1. The molecule has 0 unspecified atom stereocenters. The van der Waals surface area contributed by atoms with Gasteiger partial charge in [0.2, 0.25) is 0 Å². The number of anilines is 3. The van der Waals surface area contributed by atoms with E-state index in [9.17, 15) is 9.59 Å². The predicted octanol–water partition coefficient (Wildman–Crippen LogP) is 2.04. The maximum atomic E-state index is 11.8. The molecule has 4 N–H and O–H groups in total. The number of ether oxygens (including phenoxy) is 1. The number of urea groups is 1. The molecule has 0 aliphatic carbocycles. The van der Waals surface area contributed by atoms with Gasteiger partial charge in [-0.3, -0.25) is 15.2 Å². The van der Waals surface area contributed by atoms with Gasteiger partial charge in [0.05, 0.1) is 22.6 Å². The number of carbonyl (C=O) groups excluding carboxylic acids is 2. The Hall–Kier alpha value is -2.74. The number of H-pyrrole nitrogens is 1. The molecule has 0 saturated heterocycles. The lowest BCUT2D eigenvalue weighted by Crippen LogP contribution is -2.26. The molecule has 0 spiro atoms. The SMILES string of the molecule is O=C1COc2cc(NC(=O)Nc3ccn[nH]3)c(Cl)cc2N1. The first-order chi connectivity index (χ1) is 10.1. The second-order valence-corrected chi connectivity index (χ2v) is 4.62. The number of hydrogen-bond donors (Lipinski definition) is 4. The van der Waals surface area contributed by atoms with Gasteiger partial charge in [-0.2, -0.15) is 5.10 Å².